The first-order valence-corrected chi connectivity index (χ1v) is 6.84. The van der Waals surface area contributed by atoms with Crippen LogP contribution in [0, 0.1) is 0 Å². The van der Waals surface area contributed by atoms with E-state index in [0.717, 1.165) is 28.0 Å². The van der Waals surface area contributed by atoms with Gasteiger partial charge in [-0.25, -0.2) is 0 Å². The first-order valence-electron chi connectivity index (χ1n) is 6.05. The van der Waals surface area contributed by atoms with Crippen molar-refractivity contribution in [3.8, 4) is 11.5 Å². The Morgan fingerprint density at radius 1 is 1.28 bits per heavy atom. The fourth-order valence-electron chi connectivity index (χ4n) is 1.71. The maximum absolute atomic E-state index is 6.07. The zero-order valence-electron chi connectivity index (χ0n) is 11.7. The molecule has 0 saturated carbocycles. The minimum atomic E-state index is -0.258. The fraction of sp³-hybridized carbons (Fsp3) is 0.571. The molecule has 1 rings (SSSR count). The molecule has 0 radical (unpaired) electrons. The number of benzene rings is 1. The number of nitrogens with two attached hydrogens (primary N) is 1. The molecule has 2 N–H and O–H groups in total. The second-order valence-electron chi connectivity index (χ2n) is 5.43. The molecule has 0 amide bonds. The summed E-state index contributed by atoms with van der Waals surface area (Å²) in [6.07, 6.45) is 0.880. The molecule has 0 atom stereocenters. The average Bonchev–Trinajstić information content (AvgIpc) is 2.19. The van der Waals surface area contributed by atoms with Gasteiger partial charge in [0.25, 0.3) is 0 Å². The summed E-state index contributed by atoms with van der Waals surface area (Å²) in [4.78, 5) is 0. The van der Waals surface area contributed by atoms with Crippen LogP contribution in [0.3, 0.4) is 0 Å². The minimum Gasteiger partial charge on any atom is -0.493 e. The third-order valence-corrected chi connectivity index (χ3v) is 3.08. The van der Waals surface area contributed by atoms with Crippen LogP contribution in [-0.4, -0.2) is 18.8 Å². The third-order valence-electron chi connectivity index (χ3n) is 2.34. The van der Waals surface area contributed by atoms with Crippen LogP contribution >= 0.6 is 15.9 Å². The number of halogens is 1. The second-order valence-corrected chi connectivity index (χ2v) is 6.28. The Labute approximate surface area is 118 Å². The Morgan fingerprint density at radius 2 is 1.89 bits per heavy atom. The molecule has 0 unspecified atom stereocenters. The molecule has 3 nitrogen and oxygen atoms in total. The molecule has 0 aromatic heterocycles. The maximum Gasteiger partial charge on any atom is 0.161 e. The quantitative estimate of drug-likeness (QED) is 0.904. The van der Waals surface area contributed by atoms with E-state index in [1.807, 2.05) is 39.8 Å². The molecule has 0 aliphatic rings. The summed E-state index contributed by atoms with van der Waals surface area (Å²) in [5.41, 5.74) is 6.93. The topological polar surface area (TPSA) is 44.5 Å². The lowest BCUT2D eigenvalue weighted by Crippen LogP contribution is -2.34. The zero-order chi connectivity index (χ0) is 13.9. The largest absolute Gasteiger partial charge is 0.493 e. The SMILES string of the molecule is COc1cc(Br)c(CC(C)(C)N)cc1OC(C)C. The van der Waals surface area contributed by atoms with Gasteiger partial charge in [0.15, 0.2) is 11.5 Å². The minimum absolute atomic E-state index is 0.110. The smallest absolute Gasteiger partial charge is 0.161 e. The molecule has 0 aliphatic carbocycles. The van der Waals surface area contributed by atoms with Crippen molar-refractivity contribution in [2.24, 2.45) is 5.73 Å². The van der Waals surface area contributed by atoms with Gasteiger partial charge >= 0.3 is 0 Å². The van der Waals surface area contributed by atoms with E-state index in [1.54, 1.807) is 7.11 Å². The number of ether oxygens (including phenoxy) is 2. The van der Waals surface area contributed by atoms with Crippen molar-refractivity contribution in [3.63, 3.8) is 0 Å². The van der Waals surface area contributed by atoms with Crippen molar-refractivity contribution in [2.45, 2.75) is 45.8 Å². The van der Waals surface area contributed by atoms with Crippen molar-refractivity contribution < 1.29 is 9.47 Å². The standard InChI is InChI=1S/C14H22BrNO2/c1-9(2)18-13-6-10(8-14(3,4)16)11(15)7-12(13)17-5/h6-7,9H,8,16H2,1-5H3. The van der Waals surface area contributed by atoms with Crippen LogP contribution in [0.1, 0.15) is 33.3 Å². The van der Waals surface area contributed by atoms with E-state index in [9.17, 15) is 0 Å². The Morgan fingerprint density at radius 3 is 2.33 bits per heavy atom. The van der Waals surface area contributed by atoms with Crippen molar-refractivity contribution in [2.75, 3.05) is 7.11 Å². The Balaban J connectivity index is 3.12. The second kappa shape index (κ2) is 5.93. The molecule has 0 saturated heterocycles. The Kier molecular flexibility index (Phi) is 5.05. The first-order chi connectivity index (χ1) is 8.23. The molecular weight excluding hydrogens is 294 g/mol. The van der Waals surface area contributed by atoms with Crippen molar-refractivity contribution >= 4 is 15.9 Å². The van der Waals surface area contributed by atoms with Crippen molar-refractivity contribution in [3.05, 3.63) is 22.2 Å². The summed E-state index contributed by atoms with van der Waals surface area (Å²) in [5.74, 6) is 1.49. The van der Waals surface area contributed by atoms with Crippen LogP contribution < -0.4 is 15.2 Å². The molecule has 0 fully saturated rings. The summed E-state index contributed by atoms with van der Waals surface area (Å²) in [7, 11) is 1.64. The summed E-state index contributed by atoms with van der Waals surface area (Å²) in [6.45, 7) is 8.00. The van der Waals surface area contributed by atoms with Gasteiger partial charge in [0.05, 0.1) is 13.2 Å². The van der Waals surface area contributed by atoms with Gasteiger partial charge in [-0.3, -0.25) is 0 Å². The Bertz CT molecular complexity index is 411. The van der Waals surface area contributed by atoms with E-state index < -0.39 is 0 Å². The molecule has 0 bridgehead atoms. The highest BCUT2D eigenvalue weighted by atomic mass is 79.9. The summed E-state index contributed by atoms with van der Waals surface area (Å²) in [5, 5.41) is 0. The summed E-state index contributed by atoms with van der Waals surface area (Å²) < 4.78 is 12.1. The molecule has 0 heterocycles. The van der Waals surface area contributed by atoms with Crippen LogP contribution in [0.25, 0.3) is 0 Å². The summed E-state index contributed by atoms with van der Waals surface area (Å²) in [6, 6.07) is 3.93. The van der Waals surface area contributed by atoms with Gasteiger partial charge in [-0.1, -0.05) is 15.9 Å². The molecule has 18 heavy (non-hydrogen) atoms. The normalized spacial score (nSPS) is 11.8. The Hall–Kier alpha value is -0.740. The molecule has 102 valence electrons. The zero-order valence-corrected chi connectivity index (χ0v) is 13.3. The van der Waals surface area contributed by atoms with E-state index in [-0.39, 0.29) is 11.6 Å². The van der Waals surface area contributed by atoms with Crippen molar-refractivity contribution in [1.82, 2.24) is 0 Å². The first kappa shape index (κ1) is 15.3. The van der Waals surface area contributed by atoms with Crippen LogP contribution in [0.15, 0.2) is 16.6 Å². The van der Waals surface area contributed by atoms with E-state index in [1.165, 1.54) is 0 Å². The highest BCUT2D eigenvalue weighted by molar-refractivity contribution is 9.10. The van der Waals surface area contributed by atoms with Crippen molar-refractivity contribution in [1.29, 1.82) is 0 Å². The predicted octanol–water partition coefficient (Wildman–Crippen LogP) is 3.52. The maximum atomic E-state index is 6.07. The van der Waals surface area contributed by atoms with E-state index in [2.05, 4.69) is 15.9 Å². The number of rotatable bonds is 5. The van der Waals surface area contributed by atoms with Gasteiger partial charge in [0, 0.05) is 10.0 Å². The summed E-state index contributed by atoms with van der Waals surface area (Å²) >= 11 is 3.55. The lowest BCUT2D eigenvalue weighted by Gasteiger charge is -2.21. The van der Waals surface area contributed by atoms with E-state index in [4.69, 9.17) is 15.2 Å². The molecule has 1 aromatic rings. The number of hydrogen-bond acceptors (Lipinski definition) is 3. The van der Waals surface area contributed by atoms with Crippen LogP contribution in [0.5, 0.6) is 11.5 Å². The highest BCUT2D eigenvalue weighted by Gasteiger charge is 2.17. The molecule has 1 aromatic carbocycles. The number of hydrogen-bond donors (Lipinski definition) is 1. The molecule has 0 aliphatic heterocycles. The molecular formula is C14H22BrNO2. The van der Waals surface area contributed by atoms with Crippen LogP contribution in [-0.2, 0) is 6.42 Å². The van der Waals surface area contributed by atoms with Crippen LogP contribution in [0.4, 0.5) is 0 Å². The van der Waals surface area contributed by atoms with Gasteiger partial charge in [-0.15, -0.1) is 0 Å². The van der Waals surface area contributed by atoms with E-state index >= 15 is 0 Å². The fourth-order valence-corrected chi connectivity index (χ4v) is 2.17. The lowest BCUT2D eigenvalue weighted by atomic mass is 9.96. The molecule has 4 heteroatoms. The van der Waals surface area contributed by atoms with Crippen LogP contribution in [0.2, 0.25) is 0 Å². The van der Waals surface area contributed by atoms with E-state index in [0.29, 0.717) is 0 Å². The van der Waals surface area contributed by atoms with Gasteiger partial charge in [0.1, 0.15) is 0 Å². The molecule has 0 spiro atoms. The van der Waals surface area contributed by atoms with Gasteiger partial charge in [-0.2, -0.15) is 0 Å². The predicted molar refractivity (Wildman–Crippen MR) is 78.4 cm³/mol. The third kappa shape index (κ3) is 4.50. The lowest BCUT2D eigenvalue weighted by molar-refractivity contribution is 0.229. The average molecular weight is 316 g/mol. The number of methoxy groups -OCH3 is 1. The van der Waals surface area contributed by atoms with Gasteiger partial charge in [0.2, 0.25) is 0 Å². The van der Waals surface area contributed by atoms with Gasteiger partial charge < -0.3 is 15.2 Å². The van der Waals surface area contributed by atoms with Gasteiger partial charge in [-0.05, 0) is 51.8 Å². The monoisotopic (exact) mass is 315 g/mol. The highest BCUT2D eigenvalue weighted by Crippen LogP contribution is 2.35.